The van der Waals surface area contributed by atoms with E-state index >= 15 is 0 Å². The lowest BCUT2D eigenvalue weighted by Crippen LogP contribution is -2.45. The first-order chi connectivity index (χ1) is 14.2. The summed E-state index contributed by atoms with van der Waals surface area (Å²) in [6, 6.07) is 4.87. The molecule has 2 aromatic rings. The maximum atomic E-state index is 13.5. The Morgan fingerprint density at radius 3 is 2.50 bits per heavy atom. The lowest BCUT2D eigenvalue weighted by atomic mass is 9.66. The Hall–Kier alpha value is -2.19. The molecule has 1 aliphatic carbocycles. The topological polar surface area (TPSA) is 81.2 Å². The predicted octanol–water partition coefficient (Wildman–Crippen LogP) is 4.12. The Bertz CT molecular complexity index is 1020. The fourth-order valence-electron chi connectivity index (χ4n) is 4.15. The van der Waals surface area contributed by atoms with E-state index in [0.717, 1.165) is 0 Å². The van der Waals surface area contributed by atoms with E-state index in [-0.39, 0.29) is 24.4 Å². The highest BCUT2D eigenvalue weighted by Crippen LogP contribution is 2.49. The molecule has 1 aromatic carbocycles. The number of primary amides is 1. The lowest BCUT2D eigenvalue weighted by molar-refractivity contribution is -0.143. The molecule has 1 saturated carbocycles. The van der Waals surface area contributed by atoms with E-state index in [1.54, 1.807) is 22.9 Å². The summed E-state index contributed by atoms with van der Waals surface area (Å²) in [6.07, 6.45) is -1.28. The third-order valence-corrected chi connectivity index (χ3v) is 6.83. The molecule has 1 aliphatic heterocycles. The summed E-state index contributed by atoms with van der Waals surface area (Å²) in [4.78, 5) is 26.5. The fraction of sp³-hybridized carbons (Fsp3) is 0.450. The van der Waals surface area contributed by atoms with Crippen LogP contribution < -0.4 is 5.73 Å². The summed E-state index contributed by atoms with van der Waals surface area (Å²) >= 11 is 12.1. The van der Waals surface area contributed by atoms with E-state index < -0.39 is 17.7 Å². The van der Waals surface area contributed by atoms with E-state index in [1.165, 1.54) is 4.90 Å². The molecule has 6 nitrogen and oxygen atoms in total. The van der Waals surface area contributed by atoms with Gasteiger partial charge in [0.2, 0.25) is 12.3 Å². The first-order valence-corrected chi connectivity index (χ1v) is 10.4. The number of hydrogen-bond donors (Lipinski definition) is 1. The van der Waals surface area contributed by atoms with Crippen molar-refractivity contribution in [1.82, 2.24) is 14.7 Å². The van der Waals surface area contributed by atoms with Crippen molar-refractivity contribution in [2.75, 3.05) is 6.54 Å². The van der Waals surface area contributed by atoms with Gasteiger partial charge >= 0.3 is 0 Å². The van der Waals surface area contributed by atoms with Crippen LogP contribution in [0.1, 0.15) is 41.7 Å². The molecule has 160 valence electrons. The van der Waals surface area contributed by atoms with Gasteiger partial charge in [-0.05, 0) is 25.0 Å². The van der Waals surface area contributed by atoms with Crippen LogP contribution in [-0.2, 0) is 17.9 Å². The number of benzene rings is 1. The highest BCUT2D eigenvalue weighted by atomic mass is 35.5. The smallest absolute Gasteiger partial charge is 0.252 e. The summed E-state index contributed by atoms with van der Waals surface area (Å²) < 4.78 is 28.5. The number of carbonyl (C=O) groups is 2. The third kappa shape index (κ3) is 3.56. The SMILES string of the molecule is NC(=O)c1c(-c2ccc(Cl)c(Cl)c2)nn2c1CN(C(=O)CC1(C(F)F)CCC1)CC2. The second-order valence-corrected chi connectivity index (χ2v) is 8.71. The van der Waals surface area contributed by atoms with Crippen molar-refractivity contribution in [2.45, 2.75) is 45.2 Å². The van der Waals surface area contributed by atoms with Gasteiger partial charge in [-0.1, -0.05) is 35.7 Å². The Morgan fingerprint density at radius 1 is 1.20 bits per heavy atom. The molecule has 2 aliphatic rings. The molecule has 1 fully saturated rings. The van der Waals surface area contributed by atoms with Crippen LogP contribution >= 0.6 is 23.2 Å². The van der Waals surface area contributed by atoms with Gasteiger partial charge in [0.05, 0.1) is 34.4 Å². The molecule has 10 heteroatoms. The Labute approximate surface area is 181 Å². The standard InChI is InChI=1S/C20H20Cl2F2N4O2/c21-12-3-2-11(8-13(12)22)17-16(18(25)30)14-10-27(6-7-28(14)26-17)15(29)9-20(19(23)24)4-1-5-20/h2-3,8,19H,1,4-7,9-10H2,(H2,25,30). The van der Waals surface area contributed by atoms with E-state index in [2.05, 4.69) is 5.10 Å². The number of carbonyl (C=O) groups excluding carboxylic acids is 2. The van der Waals surface area contributed by atoms with Crippen LogP contribution in [0.25, 0.3) is 11.3 Å². The van der Waals surface area contributed by atoms with Gasteiger partial charge in [-0.25, -0.2) is 8.78 Å². The molecule has 2 heterocycles. The summed E-state index contributed by atoms with van der Waals surface area (Å²) in [5.41, 5.74) is 6.02. The molecule has 4 rings (SSSR count). The van der Waals surface area contributed by atoms with Crippen LogP contribution in [-0.4, -0.2) is 39.5 Å². The summed E-state index contributed by atoms with van der Waals surface area (Å²) in [6.45, 7) is 0.751. The van der Waals surface area contributed by atoms with Crippen LogP contribution in [0.5, 0.6) is 0 Å². The van der Waals surface area contributed by atoms with Crippen molar-refractivity contribution in [3.8, 4) is 11.3 Å². The average molecular weight is 457 g/mol. The van der Waals surface area contributed by atoms with Crippen LogP contribution in [0.4, 0.5) is 8.78 Å². The maximum Gasteiger partial charge on any atom is 0.252 e. The molecule has 0 radical (unpaired) electrons. The Morgan fingerprint density at radius 2 is 1.93 bits per heavy atom. The number of nitrogens with zero attached hydrogens (tertiary/aromatic N) is 3. The number of hydrogen-bond acceptors (Lipinski definition) is 3. The minimum Gasteiger partial charge on any atom is -0.365 e. The summed E-state index contributed by atoms with van der Waals surface area (Å²) in [5, 5.41) is 5.17. The summed E-state index contributed by atoms with van der Waals surface area (Å²) in [7, 11) is 0. The first kappa shape index (κ1) is 21.1. The number of halogens is 4. The number of nitrogens with two attached hydrogens (primary N) is 1. The number of amides is 2. The van der Waals surface area contributed by atoms with Crippen LogP contribution in [0.3, 0.4) is 0 Å². The van der Waals surface area contributed by atoms with Gasteiger partial charge in [0, 0.05) is 23.9 Å². The van der Waals surface area contributed by atoms with E-state index in [1.807, 2.05) is 0 Å². The van der Waals surface area contributed by atoms with Crippen molar-refractivity contribution in [1.29, 1.82) is 0 Å². The van der Waals surface area contributed by atoms with E-state index in [9.17, 15) is 18.4 Å². The Kier molecular flexibility index (Phi) is 5.48. The zero-order valence-electron chi connectivity index (χ0n) is 16.0. The molecule has 0 unspecified atom stereocenters. The van der Waals surface area contributed by atoms with Gasteiger partial charge in [0.1, 0.15) is 5.69 Å². The fourth-order valence-corrected chi connectivity index (χ4v) is 4.45. The van der Waals surface area contributed by atoms with Gasteiger partial charge < -0.3 is 10.6 Å². The number of fused-ring (bicyclic) bond motifs is 1. The number of alkyl halides is 2. The third-order valence-electron chi connectivity index (χ3n) is 6.09. The minimum absolute atomic E-state index is 0.0880. The Balaban J connectivity index is 1.63. The van der Waals surface area contributed by atoms with E-state index in [4.69, 9.17) is 28.9 Å². The summed E-state index contributed by atoms with van der Waals surface area (Å²) in [5.74, 6) is -1.02. The normalized spacial score (nSPS) is 17.6. The molecule has 0 atom stereocenters. The zero-order chi connectivity index (χ0) is 21.6. The van der Waals surface area contributed by atoms with Crippen molar-refractivity contribution in [2.24, 2.45) is 11.1 Å². The highest BCUT2D eigenvalue weighted by molar-refractivity contribution is 6.42. The van der Waals surface area contributed by atoms with Crippen LogP contribution in [0, 0.1) is 5.41 Å². The second kappa shape index (κ2) is 7.81. The zero-order valence-corrected chi connectivity index (χ0v) is 17.5. The molecular weight excluding hydrogens is 437 g/mol. The molecule has 1 aromatic heterocycles. The second-order valence-electron chi connectivity index (χ2n) is 7.90. The molecular formula is C20H20Cl2F2N4O2. The molecule has 0 bridgehead atoms. The van der Waals surface area contributed by atoms with Crippen LogP contribution in [0.2, 0.25) is 10.0 Å². The quantitative estimate of drug-likeness (QED) is 0.734. The van der Waals surface area contributed by atoms with Crippen molar-refractivity contribution >= 4 is 35.0 Å². The van der Waals surface area contributed by atoms with Gasteiger partial charge in [-0.3, -0.25) is 14.3 Å². The highest BCUT2D eigenvalue weighted by Gasteiger charge is 2.47. The predicted molar refractivity (Wildman–Crippen MR) is 109 cm³/mol. The number of aromatic nitrogens is 2. The van der Waals surface area contributed by atoms with E-state index in [0.29, 0.717) is 59.3 Å². The van der Waals surface area contributed by atoms with Gasteiger partial charge in [0.25, 0.3) is 5.91 Å². The number of rotatable bonds is 5. The average Bonchev–Trinajstić information content (AvgIpc) is 3.05. The molecule has 0 spiro atoms. The van der Waals surface area contributed by atoms with Gasteiger partial charge in [0.15, 0.2) is 0 Å². The molecule has 2 amide bonds. The monoisotopic (exact) mass is 456 g/mol. The molecule has 2 N–H and O–H groups in total. The van der Waals surface area contributed by atoms with Gasteiger partial charge in [-0.15, -0.1) is 0 Å². The largest absolute Gasteiger partial charge is 0.365 e. The van der Waals surface area contributed by atoms with Gasteiger partial charge in [-0.2, -0.15) is 5.10 Å². The molecule has 0 saturated heterocycles. The van der Waals surface area contributed by atoms with Crippen molar-refractivity contribution < 1.29 is 18.4 Å². The first-order valence-electron chi connectivity index (χ1n) is 9.63. The maximum absolute atomic E-state index is 13.5. The van der Waals surface area contributed by atoms with Crippen LogP contribution in [0.15, 0.2) is 18.2 Å². The van der Waals surface area contributed by atoms with Crippen molar-refractivity contribution in [3.63, 3.8) is 0 Å². The lowest BCUT2D eigenvalue weighted by Gasteiger charge is -2.42. The minimum atomic E-state index is -2.52. The van der Waals surface area contributed by atoms with Crippen molar-refractivity contribution in [3.05, 3.63) is 39.5 Å². The molecule has 30 heavy (non-hydrogen) atoms.